The summed E-state index contributed by atoms with van der Waals surface area (Å²) in [6, 6.07) is 9.60. The number of anilines is 1. The molecule has 0 aliphatic heterocycles. The lowest BCUT2D eigenvalue weighted by Gasteiger charge is -2.24. The summed E-state index contributed by atoms with van der Waals surface area (Å²) >= 11 is 0. The van der Waals surface area contributed by atoms with E-state index in [1.54, 1.807) is 0 Å². The minimum absolute atomic E-state index is 0.112. The number of nitrogens with one attached hydrogen (secondary N) is 1. The smallest absolute Gasteiger partial charge is 0.194 e. The standard InChI is InChI=1S/C16H17NO2/c18-16-14-9-5-4-6-12(14)10-11-15(16)19-17-13-7-2-1-3-8-13/h1-3,7-8,10-11,15,17H,4-6,9H2. The molecular weight excluding hydrogens is 238 g/mol. The molecule has 19 heavy (non-hydrogen) atoms. The van der Waals surface area contributed by atoms with Crippen LogP contribution in [-0.2, 0) is 9.63 Å². The Balaban J connectivity index is 1.66. The first-order valence-corrected chi connectivity index (χ1v) is 6.76. The van der Waals surface area contributed by atoms with Crippen molar-refractivity contribution in [3.05, 3.63) is 53.6 Å². The van der Waals surface area contributed by atoms with Crippen molar-refractivity contribution >= 4 is 11.5 Å². The molecule has 1 atom stereocenters. The van der Waals surface area contributed by atoms with Crippen molar-refractivity contribution in [2.75, 3.05) is 5.48 Å². The summed E-state index contributed by atoms with van der Waals surface area (Å²) in [6.07, 6.45) is 7.61. The largest absolute Gasteiger partial charge is 0.291 e. The summed E-state index contributed by atoms with van der Waals surface area (Å²) in [5.41, 5.74) is 5.87. The van der Waals surface area contributed by atoms with Crippen molar-refractivity contribution < 1.29 is 9.63 Å². The highest BCUT2D eigenvalue weighted by atomic mass is 16.7. The number of allylic oxidation sites excluding steroid dienone is 2. The Kier molecular flexibility index (Phi) is 3.47. The van der Waals surface area contributed by atoms with Crippen LogP contribution in [0.3, 0.4) is 0 Å². The summed E-state index contributed by atoms with van der Waals surface area (Å²) in [7, 11) is 0. The SMILES string of the molecule is O=C1C2=C(C=CC1ONc1ccccc1)CCCC2. The van der Waals surface area contributed by atoms with E-state index in [0.717, 1.165) is 30.5 Å². The van der Waals surface area contributed by atoms with E-state index in [1.807, 2.05) is 42.5 Å². The molecule has 0 aromatic heterocycles. The van der Waals surface area contributed by atoms with E-state index in [-0.39, 0.29) is 5.78 Å². The van der Waals surface area contributed by atoms with Gasteiger partial charge in [0.25, 0.3) is 0 Å². The maximum atomic E-state index is 12.3. The molecule has 0 spiro atoms. The van der Waals surface area contributed by atoms with Crippen molar-refractivity contribution in [2.24, 2.45) is 0 Å². The van der Waals surface area contributed by atoms with Gasteiger partial charge in [-0.2, -0.15) is 0 Å². The second kappa shape index (κ2) is 5.41. The summed E-state index contributed by atoms with van der Waals surface area (Å²) in [5, 5.41) is 0. The average Bonchev–Trinajstić information content (AvgIpc) is 2.48. The number of ketones is 1. The van der Waals surface area contributed by atoms with Gasteiger partial charge in [-0.1, -0.05) is 24.3 Å². The predicted octanol–water partition coefficient (Wildman–Crippen LogP) is 3.41. The molecule has 1 unspecified atom stereocenters. The summed E-state index contributed by atoms with van der Waals surface area (Å²) < 4.78 is 0. The normalized spacial score (nSPS) is 22.3. The first-order chi connectivity index (χ1) is 9.34. The first kappa shape index (κ1) is 12.2. The molecule has 0 amide bonds. The van der Waals surface area contributed by atoms with Gasteiger partial charge >= 0.3 is 0 Å². The lowest BCUT2D eigenvalue weighted by atomic mass is 9.84. The van der Waals surface area contributed by atoms with Gasteiger partial charge in [-0.25, -0.2) is 0 Å². The molecule has 2 aliphatic rings. The van der Waals surface area contributed by atoms with Crippen molar-refractivity contribution in [1.29, 1.82) is 0 Å². The van der Waals surface area contributed by atoms with E-state index in [1.165, 1.54) is 12.0 Å². The van der Waals surface area contributed by atoms with Crippen LogP contribution in [0, 0.1) is 0 Å². The fourth-order valence-corrected chi connectivity index (χ4v) is 2.59. The minimum atomic E-state index is -0.503. The minimum Gasteiger partial charge on any atom is -0.291 e. The van der Waals surface area contributed by atoms with Crippen LogP contribution in [0.1, 0.15) is 25.7 Å². The lowest BCUT2D eigenvalue weighted by Crippen LogP contribution is -2.30. The molecule has 0 radical (unpaired) electrons. The van der Waals surface area contributed by atoms with Gasteiger partial charge in [0.15, 0.2) is 11.9 Å². The fourth-order valence-electron chi connectivity index (χ4n) is 2.59. The van der Waals surface area contributed by atoms with E-state index in [2.05, 4.69) is 5.48 Å². The Morgan fingerprint density at radius 2 is 1.89 bits per heavy atom. The average molecular weight is 255 g/mol. The molecule has 98 valence electrons. The molecule has 3 heteroatoms. The predicted molar refractivity (Wildman–Crippen MR) is 74.6 cm³/mol. The summed E-state index contributed by atoms with van der Waals surface area (Å²) in [5.74, 6) is 0.112. The Morgan fingerprint density at radius 3 is 2.74 bits per heavy atom. The monoisotopic (exact) mass is 255 g/mol. The van der Waals surface area contributed by atoms with Crippen LogP contribution in [0.15, 0.2) is 53.6 Å². The first-order valence-electron chi connectivity index (χ1n) is 6.76. The van der Waals surface area contributed by atoms with Crippen molar-refractivity contribution in [2.45, 2.75) is 31.8 Å². The highest BCUT2D eigenvalue weighted by Gasteiger charge is 2.28. The van der Waals surface area contributed by atoms with Gasteiger partial charge in [0.2, 0.25) is 0 Å². The van der Waals surface area contributed by atoms with Crippen molar-refractivity contribution in [1.82, 2.24) is 0 Å². The zero-order chi connectivity index (χ0) is 13.1. The van der Waals surface area contributed by atoms with Crippen molar-refractivity contribution in [3.8, 4) is 0 Å². The Hall–Kier alpha value is -1.87. The molecule has 2 aliphatic carbocycles. The van der Waals surface area contributed by atoms with E-state index >= 15 is 0 Å². The number of para-hydroxylation sites is 1. The van der Waals surface area contributed by atoms with Crippen LogP contribution in [0.2, 0.25) is 0 Å². The van der Waals surface area contributed by atoms with Gasteiger partial charge in [0.1, 0.15) is 0 Å². The topological polar surface area (TPSA) is 38.3 Å². The number of carbonyl (C=O) groups excluding carboxylic acids is 1. The zero-order valence-electron chi connectivity index (χ0n) is 10.8. The molecule has 0 saturated carbocycles. The number of Topliss-reactive ketones (excluding diaryl/α,β-unsaturated/α-hetero) is 1. The number of rotatable bonds is 3. The third-order valence-electron chi connectivity index (χ3n) is 3.62. The van der Waals surface area contributed by atoms with Crippen molar-refractivity contribution in [3.63, 3.8) is 0 Å². The number of hydrogen-bond donors (Lipinski definition) is 1. The van der Waals surface area contributed by atoms with Gasteiger partial charge in [0.05, 0.1) is 5.69 Å². The summed E-state index contributed by atoms with van der Waals surface area (Å²) in [6.45, 7) is 0. The molecular formula is C16H17NO2. The maximum Gasteiger partial charge on any atom is 0.194 e. The quantitative estimate of drug-likeness (QED) is 0.841. The molecule has 1 aromatic carbocycles. The van der Waals surface area contributed by atoms with E-state index < -0.39 is 6.10 Å². The molecule has 0 bridgehead atoms. The molecule has 0 heterocycles. The lowest BCUT2D eigenvalue weighted by molar-refractivity contribution is -0.123. The second-order valence-corrected chi connectivity index (χ2v) is 4.94. The molecule has 1 aromatic rings. The number of carbonyl (C=O) groups is 1. The molecule has 0 saturated heterocycles. The van der Waals surface area contributed by atoms with Crippen LogP contribution in [-0.4, -0.2) is 11.9 Å². The molecule has 3 rings (SSSR count). The van der Waals surface area contributed by atoms with E-state index in [9.17, 15) is 4.79 Å². The Labute approximate surface area is 112 Å². The van der Waals surface area contributed by atoms with Crippen LogP contribution in [0.4, 0.5) is 5.69 Å². The highest BCUT2D eigenvalue weighted by Crippen LogP contribution is 2.30. The van der Waals surface area contributed by atoms with Gasteiger partial charge in [-0.3, -0.25) is 15.1 Å². The fraction of sp³-hybridized carbons (Fsp3) is 0.312. The second-order valence-electron chi connectivity index (χ2n) is 4.94. The third-order valence-corrected chi connectivity index (χ3v) is 3.62. The van der Waals surface area contributed by atoms with E-state index in [0.29, 0.717) is 0 Å². The summed E-state index contributed by atoms with van der Waals surface area (Å²) in [4.78, 5) is 17.8. The number of benzene rings is 1. The van der Waals surface area contributed by atoms with Crippen LogP contribution >= 0.6 is 0 Å². The van der Waals surface area contributed by atoms with Gasteiger partial charge < -0.3 is 0 Å². The van der Waals surface area contributed by atoms with Crippen LogP contribution < -0.4 is 5.48 Å². The van der Waals surface area contributed by atoms with Gasteiger partial charge in [-0.15, -0.1) is 0 Å². The van der Waals surface area contributed by atoms with E-state index in [4.69, 9.17) is 4.84 Å². The Morgan fingerprint density at radius 1 is 1.11 bits per heavy atom. The maximum absolute atomic E-state index is 12.3. The van der Waals surface area contributed by atoms with Gasteiger partial charge in [-0.05, 0) is 49.5 Å². The molecule has 1 N–H and O–H groups in total. The number of hydrogen-bond acceptors (Lipinski definition) is 3. The molecule has 3 nitrogen and oxygen atoms in total. The highest BCUT2D eigenvalue weighted by molar-refractivity contribution is 6.02. The van der Waals surface area contributed by atoms with Gasteiger partial charge in [0, 0.05) is 5.57 Å². The molecule has 0 fully saturated rings. The third kappa shape index (κ3) is 2.61. The Bertz CT molecular complexity index is 531. The van der Waals surface area contributed by atoms with Crippen LogP contribution in [0.25, 0.3) is 0 Å². The zero-order valence-corrected chi connectivity index (χ0v) is 10.8. The van der Waals surface area contributed by atoms with Crippen LogP contribution in [0.5, 0.6) is 0 Å².